The lowest BCUT2D eigenvalue weighted by Gasteiger charge is -1.98. The highest BCUT2D eigenvalue weighted by Gasteiger charge is 2.16. The van der Waals surface area contributed by atoms with Gasteiger partial charge in [-0.2, -0.15) is 0 Å². The molecule has 0 saturated carbocycles. The summed E-state index contributed by atoms with van der Waals surface area (Å²) < 4.78 is 5.70. The minimum atomic E-state index is -0.204. The van der Waals surface area contributed by atoms with E-state index in [4.69, 9.17) is 4.42 Å². The number of hydrogen-bond acceptors (Lipinski definition) is 4. The maximum Gasteiger partial charge on any atom is 0.261 e. The molecule has 0 spiro atoms. The van der Waals surface area contributed by atoms with Gasteiger partial charge in [0.15, 0.2) is 5.13 Å². The monoisotopic (exact) mass is 298 g/mol. The summed E-state index contributed by atoms with van der Waals surface area (Å²) in [5, 5.41) is 5.16. The Bertz CT molecular complexity index is 758. The fraction of sp³-hybridized carbons (Fsp3) is 0.125. The second-order valence-electron chi connectivity index (χ2n) is 4.74. The van der Waals surface area contributed by atoms with Crippen LogP contribution in [0.4, 0.5) is 5.13 Å². The molecular weight excluding hydrogens is 284 g/mol. The molecule has 0 radical (unpaired) electrons. The van der Waals surface area contributed by atoms with Crippen molar-refractivity contribution in [3.8, 4) is 11.3 Å². The Morgan fingerprint density at radius 2 is 2.00 bits per heavy atom. The predicted molar refractivity (Wildman–Crippen MR) is 83.7 cm³/mol. The van der Waals surface area contributed by atoms with E-state index in [9.17, 15) is 4.79 Å². The van der Waals surface area contributed by atoms with Crippen LogP contribution in [-0.2, 0) is 0 Å². The third kappa shape index (κ3) is 2.87. The van der Waals surface area contributed by atoms with Gasteiger partial charge >= 0.3 is 0 Å². The fourth-order valence-electron chi connectivity index (χ4n) is 2.02. The Morgan fingerprint density at radius 3 is 2.67 bits per heavy atom. The van der Waals surface area contributed by atoms with Crippen molar-refractivity contribution in [2.24, 2.45) is 0 Å². The van der Waals surface area contributed by atoms with Gasteiger partial charge in [0.2, 0.25) is 0 Å². The number of carbonyl (C=O) groups is 1. The van der Waals surface area contributed by atoms with E-state index in [2.05, 4.69) is 10.3 Å². The lowest BCUT2D eigenvalue weighted by atomic mass is 10.1. The molecule has 0 atom stereocenters. The Labute approximate surface area is 126 Å². The van der Waals surface area contributed by atoms with Crippen molar-refractivity contribution in [3.63, 3.8) is 0 Å². The third-order valence-corrected chi connectivity index (χ3v) is 3.84. The average molecular weight is 298 g/mol. The van der Waals surface area contributed by atoms with Crippen LogP contribution < -0.4 is 5.32 Å². The van der Waals surface area contributed by atoms with Gasteiger partial charge in [-0.25, -0.2) is 4.98 Å². The highest BCUT2D eigenvalue weighted by molar-refractivity contribution is 7.13. The van der Waals surface area contributed by atoms with E-state index in [0.29, 0.717) is 22.2 Å². The number of hydrogen-bond donors (Lipinski definition) is 1. The maximum atomic E-state index is 12.2. The van der Waals surface area contributed by atoms with Gasteiger partial charge in [-0.05, 0) is 19.9 Å². The molecule has 0 aliphatic rings. The molecule has 5 heteroatoms. The lowest BCUT2D eigenvalue weighted by Crippen LogP contribution is -2.11. The van der Waals surface area contributed by atoms with Crippen LogP contribution in [0.25, 0.3) is 11.3 Å². The maximum absolute atomic E-state index is 12.2. The molecule has 1 N–H and O–H groups in total. The molecule has 3 rings (SSSR count). The molecule has 0 unspecified atom stereocenters. The van der Waals surface area contributed by atoms with E-state index >= 15 is 0 Å². The SMILES string of the molecule is Cc1ccc(-c2cc(C(=O)Nc3nccs3)c(C)o2)cc1. The first-order chi connectivity index (χ1) is 10.1. The Hall–Kier alpha value is -2.40. The number of aryl methyl sites for hydroxylation is 2. The van der Waals surface area contributed by atoms with Crippen molar-refractivity contribution in [3.05, 3.63) is 58.8 Å². The van der Waals surface area contributed by atoms with E-state index in [1.807, 2.05) is 36.6 Å². The van der Waals surface area contributed by atoms with Crippen LogP contribution in [0.1, 0.15) is 21.7 Å². The number of nitrogens with zero attached hydrogens (tertiary/aromatic N) is 1. The molecule has 0 bridgehead atoms. The van der Waals surface area contributed by atoms with Crippen LogP contribution in [0.2, 0.25) is 0 Å². The Morgan fingerprint density at radius 1 is 1.24 bits per heavy atom. The number of furan rings is 1. The van der Waals surface area contributed by atoms with E-state index < -0.39 is 0 Å². The molecule has 106 valence electrons. The van der Waals surface area contributed by atoms with Gasteiger partial charge in [-0.3, -0.25) is 10.1 Å². The molecular formula is C16H14N2O2S. The lowest BCUT2D eigenvalue weighted by molar-refractivity contribution is 0.102. The van der Waals surface area contributed by atoms with Gasteiger partial charge < -0.3 is 4.42 Å². The van der Waals surface area contributed by atoms with Gasteiger partial charge in [0.1, 0.15) is 11.5 Å². The number of rotatable bonds is 3. The number of benzene rings is 1. The first-order valence-electron chi connectivity index (χ1n) is 6.52. The third-order valence-electron chi connectivity index (χ3n) is 3.15. The summed E-state index contributed by atoms with van der Waals surface area (Å²) in [6, 6.07) is 9.76. The molecule has 2 heterocycles. The fourth-order valence-corrected chi connectivity index (χ4v) is 2.54. The van der Waals surface area contributed by atoms with Gasteiger partial charge in [0, 0.05) is 17.1 Å². The van der Waals surface area contributed by atoms with E-state index in [1.165, 1.54) is 16.9 Å². The predicted octanol–water partition coefficient (Wildman–Crippen LogP) is 4.27. The van der Waals surface area contributed by atoms with Crippen molar-refractivity contribution < 1.29 is 9.21 Å². The average Bonchev–Trinajstić information content (AvgIpc) is 3.09. The van der Waals surface area contributed by atoms with E-state index in [-0.39, 0.29) is 5.91 Å². The van der Waals surface area contributed by atoms with Crippen LogP contribution in [-0.4, -0.2) is 10.9 Å². The molecule has 4 nitrogen and oxygen atoms in total. The van der Waals surface area contributed by atoms with Gasteiger partial charge in [0.25, 0.3) is 5.91 Å². The molecule has 3 aromatic rings. The second-order valence-corrected chi connectivity index (χ2v) is 5.63. The molecule has 0 fully saturated rings. The van der Waals surface area contributed by atoms with Crippen molar-refractivity contribution >= 4 is 22.4 Å². The van der Waals surface area contributed by atoms with Crippen LogP contribution in [0.15, 0.2) is 46.3 Å². The zero-order chi connectivity index (χ0) is 14.8. The molecule has 0 saturated heterocycles. The smallest absolute Gasteiger partial charge is 0.261 e. The molecule has 0 aliphatic carbocycles. The van der Waals surface area contributed by atoms with Crippen LogP contribution >= 0.6 is 11.3 Å². The summed E-state index contributed by atoms with van der Waals surface area (Å²) in [5.74, 6) is 1.08. The van der Waals surface area contributed by atoms with Crippen molar-refractivity contribution in [2.45, 2.75) is 13.8 Å². The summed E-state index contributed by atoms with van der Waals surface area (Å²) in [7, 11) is 0. The first-order valence-corrected chi connectivity index (χ1v) is 7.40. The highest BCUT2D eigenvalue weighted by Crippen LogP contribution is 2.26. The van der Waals surface area contributed by atoms with Crippen LogP contribution in [0.3, 0.4) is 0 Å². The van der Waals surface area contributed by atoms with Crippen molar-refractivity contribution in [1.29, 1.82) is 0 Å². The molecule has 1 aromatic carbocycles. The summed E-state index contributed by atoms with van der Waals surface area (Å²) >= 11 is 1.38. The normalized spacial score (nSPS) is 10.6. The van der Waals surface area contributed by atoms with Gasteiger partial charge in [0.05, 0.1) is 5.56 Å². The summed E-state index contributed by atoms with van der Waals surface area (Å²) in [6.45, 7) is 3.82. The Kier molecular flexibility index (Phi) is 3.58. The number of amides is 1. The number of thiazole rings is 1. The Balaban J connectivity index is 1.87. The molecule has 2 aromatic heterocycles. The minimum absolute atomic E-state index is 0.204. The van der Waals surface area contributed by atoms with Crippen molar-refractivity contribution in [2.75, 3.05) is 5.32 Å². The quantitative estimate of drug-likeness (QED) is 0.785. The highest BCUT2D eigenvalue weighted by atomic mass is 32.1. The first kappa shape index (κ1) is 13.6. The van der Waals surface area contributed by atoms with Gasteiger partial charge in [-0.15, -0.1) is 11.3 Å². The molecule has 0 aliphatic heterocycles. The standard InChI is InChI=1S/C16H14N2O2S/c1-10-3-5-12(6-4-10)14-9-13(11(2)20-14)15(19)18-16-17-7-8-21-16/h3-9H,1-2H3,(H,17,18,19). The van der Waals surface area contributed by atoms with Crippen LogP contribution in [0.5, 0.6) is 0 Å². The van der Waals surface area contributed by atoms with E-state index in [0.717, 1.165) is 5.56 Å². The number of carbonyl (C=O) groups excluding carboxylic acids is 1. The summed E-state index contributed by atoms with van der Waals surface area (Å²) in [6.07, 6.45) is 1.65. The number of aromatic nitrogens is 1. The number of nitrogens with one attached hydrogen (secondary N) is 1. The summed E-state index contributed by atoms with van der Waals surface area (Å²) in [4.78, 5) is 16.3. The minimum Gasteiger partial charge on any atom is -0.461 e. The van der Waals surface area contributed by atoms with E-state index in [1.54, 1.807) is 19.2 Å². The van der Waals surface area contributed by atoms with Crippen molar-refractivity contribution in [1.82, 2.24) is 4.98 Å². The summed E-state index contributed by atoms with van der Waals surface area (Å²) in [5.41, 5.74) is 2.67. The second kappa shape index (κ2) is 5.54. The van der Waals surface area contributed by atoms with Gasteiger partial charge in [-0.1, -0.05) is 29.8 Å². The molecule has 1 amide bonds. The zero-order valence-corrected chi connectivity index (χ0v) is 12.5. The largest absolute Gasteiger partial charge is 0.461 e. The zero-order valence-electron chi connectivity index (χ0n) is 11.7. The molecule has 21 heavy (non-hydrogen) atoms. The topological polar surface area (TPSA) is 55.1 Å². The van der Waals surface area contributed by atoms with Crippen LogP contribution in [0, 0.1) is 13.8 Å². The number of anilines is 1.